The second kappa shape index (κ2) is 5.52. The lowest BCUT2D eigenvalue weighted by Crippen LogP contribution is -2.40. The van der Waals surface area contributed by atoms with Gasteiger partial charge in [0.05, 0.1) is 0 Å². The van der Waals surface area contributed by atoms with E-state index in [0.29, 0.717) is 12.6 Å². The molecule has 0 heterocycles. The van der Waals surface area contributed by atoms with Gasteiger partial charge in [0.25, 0.3) is 0 Å². The van der Waals surface area contributed by atoms with E-state index in [9.17, 15) is 17.2 Å². The molecule has 0 saturated heterocycles. The molecule has 0 bridgehead atoms. The first-order chi connectivity index (χ1) is 8.60. The lowest BCUT2D eigenvalue weighted by Gasteiger charge is -2.28. The van der Waals surface area contributed by atoms with Gasteiger partial charge in [-0.15, -0.1) is 0 Å². The van der Waals surface area contributed by atoms with Gasteiger partial charge >= 0.3 is 0 Å². The van der Waals surface area contributed by atoms with E-state index in [1.807, 2.05) is 0 Å². The predicted molar refractivity (Wildman–Crippen MR) is 69.0 cm³/mol. The molecule has 0 unspecified atom stereocenters. The van der Waals surface area contributed by atoms with Gasteiger partial charge in [-0.1, -0.05) is 13.8 Å². The average molecular weight is 292 g/mol. The molecule has 0 fully saturated rings. The highest BCUT2D eigenvalue weighted by Gasteiger charge is 2.29. The summed E-state index contributed by atoms with van der Waals surface area (Å²) in [5, 5.41) is 0. The number of sulfonamides is 1. The zero-order valence-electron chi connectivity index (χ0n) is 11.2. The standard InChI is InChI=1S/C12H18F2N2O2S/c1-12(2,7-15)8-16(3)19(17,18)11-5-4-9(13)6-10(11)14/h4-6H,7-8,15H2,1-3H3. The number of rotatable bonds is 5. The van der Waals surface area contributed by atoms with Crippen LogP contribution in [-0.2, 0) is 10.0 Å². The van der Waals surface area contributed by atoms with E-state index in [1.54, 1.807) is 13.8 Å². The van der Waals surface area contributed by atoms with Crippen molar-refractivity contribution in [2.24, 2.45) is 11.1 Å². The van der Waals surface area contributed by atoms with Gasteiger partial charge in [0.2, 0.25) is 10.0 Å². The van der Waals surface area contributed by atoms with Crippen LogP contribution in [0.15, 0.2) is 23.1 Å². The molecule has 19 heavy (non-hydrogen) atoms. The summed E-state index contributed by atoms with van der Waals surface area (Å²) in [6.07, 6.45) is 0. The normalized spacial score (nSPS) is 13.0. The SMILES string of the molecule is CN(CC(C)(C)CN)S(=O)(=O)c1ccc(F)cc1F. The fourth-order valence-corrected chi connectivity index (χ4v) is 3.01. The van der Waals surface area contributed by atoms with E-state index in [4.69, 9.17) is 5.73 Å². The van der Waals surface area contributed by atoms with E-state index in [0.717, 1.165) is 16.4 Å². The van der Waals surface area contributed by atoms with Crippen LogP contribution >= 0.6 is 0 Å². The molecule has 0 aliphatic heterocycles. The summed E-state index contributed by atoms with van der Waals surface area (Å²) in [5.74, 6) is -1.92. The van der Waals surface area contributed by atoms with E-state index in [-0.39, 0.29) is 6.54 Å². The fourth-order valence-electron chi connectivity index (χ4n) is 1.60. The molecule has 0 aliphatic rings. The zero-order valence-corrected chi connectivity index (χ0v) is 12.0. The summed E-state index contributed by atoms with van der Waals surface area (Å²) in [5.41, 5.74) is 5.11. The van der Waals surface area contributed by atoms with Gasteiger partial charge in [0, 0.05) is 19.7 Å². The number of hydrogen-bond acceptors (Lipinski definition) is 3. The van der Waals surface area contributed by atoms with Crippen LogP contribution < -0.4 is 5.73 Å². The van der Waals surface area contributed by atoms with Crippen molar-refractivity contribution in [3.05, 3.63) is 29.8 Å². The van der Waals surface area contributed by atoms with Crippen molar-refractivity contribution >= 4 is 10.0 Å². The van der Waals surface area contributed by atoms with Crippen molar-refractivity contribution in [2.45, 2.75) is 18.7 Å². The number of halogens is 2. The molecule has 1 aromatic rings. The number of nitrogens with zero attached hydrogens (tertiary/aromatic N) is 1. The largest absolute Gasteiger partial charge is 0.330 e. The highest BCUT2D eigenvalue weighted by Crippen LogP contribution is 2.22. The van der Waals surface area contributed by atoms with E-state index in [2.05, 4.69) is 0 Å². The molecule has 0 aromatic heterocycles. The van der Waals surface area contributed by atoms with E-state index >= 15 is 0 Å². The highest BCUT2D eigenvalue weighted by molar-refractivity contribution is 7.89. The molecular weight excluding hydrogens is 274 g/mol. The Balaban J connectivity index is 3.10. The monoisotopic (exact) mass is 292 g/mol. The van der Waals surface area contributed by atoms with Crippen molar-refractivity contribution in [3.8, 4) is 0 Å². The van der Waals surface area contributed by atoms with Crippen LogP contribution in [0, 0.1) is 17.0 Å². The molecule has 108 valence electrons. The lowest BCUT2D eigenvalue weighted by atomic mass is 9.94. The fraction of sp³-hybridized carbons (Fsp3) is 0.500. The Labute approximate surface area is 112 Å². The van der Waals surface area contributed by atoms with Crippen LogP contribution in [0.4, 0.5) is 8.78 Å². The molecule has 0 saturated carbocycles. The van der Waals surface area contributed by atoms with Crippen molar-refractivity contribution < 1.29 is 17.2 Å². The summed E-state index contributed by atoms with van der Waals surface area (Å²) >= 11 is 0. The summed E-state index contributed by atoms with van der Waals surface area (Å²) in [6, 6.07) is 2.39. The first-order valence-corrected chi connectivity index (χ1v) is 7.15. The van der Waals surface area contributed by atoms with Crippen molar-refractivity contribution in [1.29, 1.82) is 0 Å². The Bertz CT molecular complexity index is 559. The van der Waals surface area contributed by atoms with E-state index < -0.39 is 32.0 Å². The third-order valence-corrected chi connectivity index (χ3v) is 4.62. The summed E-state index contributed by atoms with van der Waals surface area (Å²) in [6.45, 7) is 4.04. The molecule has 4 nitrogen and oxygen atoms in total. The summed E-state index contributed by atoms with van der Waals surface area (Å²) < 4.78 is 51.7. The molecule has 0 atom stereocenters. The lowest BCUT2D eigenvalue weighted by molar-refractivity contribution is 0.291. The Kier molecular flexibility index (Phi) is 4.65. The topological polar surface area (TPSA) is 63.4 Å². The molecule has 1 rings (SSSR count). The Morgan fingerprint density at radius 1 is 1.32 bits per heavy atom. The van der Waals surface area contributed by atoms with Crippen LogP contribution in [0.2, 0.25) is 0 Å². The average Bonchev–Trinajstić information content (AvgIpc) is 2.27. The van der Waals surface area contributed by atoms with Gasteiger partial charge < -0.3 is 5.73 Å². The second-order valence-corrected chi connectivity index (χ2v) is 7.22. The third-order valence-electron chi connectivity index (χ3n) is 2.79. The number of benzene rings is 1. The van der Waals surface area contributed by atoms with Gasteiger partial charge in [0.15, 0.2) is 0 Å². The molecule has 1 aromatic carbocycles. The molecule has 2 N–H and O–H groups in total. The second-order valence-electron chi connectivity index (χ2n) is 5.20. The predicted octanol–water partition coefficient (Wildman–Crippen LogP) is 1.57. The van der Waals surface area contributed by atoms with Crippen molar-refractivity contribution in [2.75, 3.05) is 20.1 Å². The Hall–Kier alpha value is -1.05. The maximum absolute atomic E-state index is 13.6. The first kappa shape index (κ1) is 16.0. The smallest absolute Gasteiger partial charge is 0.245 e. The molecule has 0 radical (unpaired) electrons. The van der Waals surface area contributed by atoms with Crippen molar-refractivity contribution in [1.82, 2.24) is 4.31 Å². The van der Waals surface area contributed by atoms with E-state index in [1.165, 1.54) is 7.05 Å². The molecule has 0 amide bonds. The minimum atomic E-state index is -3.99. The quantitative estimate of drug-likeness (QED) is 0.896. The molecule has 0 aliphatic carbocycles. The van der Waals surface area contributed by atoms with Crippen LogP contribution in [0.3, 0.4) is 0 Å². The van der Waals surface area contributed by atoms with Crippen LogP contribution in [0.25, 0.3) is 0 Å². The van der Waals surface area contributed by atoms with Crippen LogP contribution in [0.1, 0.15) is 13.8 Å². The zero-order chi connectivity index (χ0) is 14.8. The molecule has 7 heteroatoms. The van der Waals surface area contributed by atoms with Gasteiger partial charge in [0.1, 0.15) is 16.5 Å². The summed E-state index contributed by atoms with van der Waals surface area (Å²) in [4.78, 5) is -0.538. The maximum atomic E-state index is 13.6. The van der Waals surface area contributed by atoms with Crippen LogP contribution in [0.5, 0.6) is 0 Å². The van der Waals surface area contributed by atoms with Gasteiger partial charge in [-0.2, -0.15) is 0 Å². The third kappa shape index (κ3) is 3.71. The minimum Gasteiger partial charge on any atom is -0.330 e. The van der Waals surface area contributed by atoms with Crippen LogP contribution in [-0.4, -0.2) is 32.9 Å². The Morgan fingerprint density at radius 3 is 2.37 bits per heavy atom. The maximum Gasteiger partial charge on any atom is 0.245 e. The van der Waals surface area contributed by atoms with Crippen molar-refractivity contribution in [3.63, 3.8) is 0 Å². The van der Waals surface area contributed by atoms with Gasteiger partial charge in [-0.05, 0) is 24.1 Å². The molecule has 0 spiro atoms. The first-order valence-electron chi connectivity index (χ1n) is 5.71. The number of nitrogens with two attached hydrogens (primary N) is 1. The minimum absolute atomic E-state index is 0.142. The molecular formula is C12H18F2N2O2S. The van der Waals surface area contributed by atoms with Gasteiger partial charge in [-0.3, -0.25) is 0 Å². The summed E-state index contributed by atoms with van der Waals surface area (Å²) in [7, 11) is -2.65. The number of hydrogen-bond donors (Lipinski definition) is 1. The van der Waals surface area contributed by atoms with Gasteiger partial charge in [-0.25, -0.2) is 21.5 Å². The Morgan fingerprint density at radius 2 is 1.89 bits per heavy atom. The highest BCUT2D eigenvalue weighted by atomic mass is 32.2.